The third-order valence-electron chi connectivity index (χ3n) is 3.48. The first-order chi connectivity index (χ1) is 13.5. The molecule has 11 heteroatoms. The number of benzene rings is 1. The Bertz CT molecular complexity index is 979. The summed E-state index contributed by atoms with van der Waals surface area (Å²) in [6, 6.07) is 9.92. The monoisotopic (exact) mass is 401 g/mol. The van der Waals surface area contributed by atoms with Crippen molar-refractivity contribution in [2.75, 3.05) is 37.4 Å². The van der Waals surface area contributed by atoms with Gasteiger partial charge in [-0.05, 0) is 30.7 Å². The number of anilines is 3. The van der Waals surface area contributed by atoms with Crippen LogP contribution in [0.2, 0.25) is 0 Å². The van der Waals surface area contributed by atoms with Gasteiger partial charge in [0.2, 0.25) is 16.0 Å². The number of aromatic nitrogens is 2. The van der Waals surface area contributed by atoms with Gasteiger partial charge in [-0.2, -0.15) is 15.5 Å². The molecule has 2 aromatic rings. The largest absolute Gasteiger partial charge is 0.385 e. The molecule has 1 aromatic heterocycles. The SMILES string of the molecule is COCCCNS(=O)(=O)c1ccc(Nc2ncc(C#N)c(NCC#N)n2)cc1. The van der Waals surface area contributed by atoms with Gasteiger partial charge in [0.1, 0.15) is 24.0 Å². The van der Waals surface area contributed by atoms with Gasteiger partial charge in [-0.1, -0.05) is 0 Å². The topological polar surface area (TPSA) is 153 Å². The van der Waals surface area contributed by atoms with Crippen LogP contribution in [0.15, 0.2) is 35.4 Å². The molecule has 146 valence electrons. The highest BCUT2D eigenvalue weighted by molar-refractivity contribution is 7.89. The summed E-state index contributed by atoms with van der Waals surface area (Å²) in [5.74, 6) is 0.439. The highest BCUT2D eigenvalue weighted by Gasteiger charge is 2.13. The molecule has 0 bridgehead atoms. The standard InChI is InChI=1S/C17H19N7O3S/c1-27-10-2-8-22-28(25,26)15-5-3-14(4-6-15)23-17-21-12-13(11-19)16(24-17)20-9-7-18/h3-6,12,22H,2,8-10H2,1H3,(H2,20,21,23,24). The Kier molecular flexibility index (Phi) is 7.65. The van der Waals surface area contributed by atoms with Gasteiger partial charge in [-0.15, -0.1) is 0 Å². The molecule has 0 saturated heterocycles. The summed E-state index contributed by atoms with van der Waals surface area (Å²) in [6.07, 6.45) is 1.91. The summed E-state index contributed by atoms with van der Waals surface area (Å²) < 4.78 is 31.8. The minimum Gasteiger partial charge on any atom is -0.385 e. The van der Waals surface area contributed by atoms with E-state index in [9.17, 15) is 8.42 Å². The first-order valence-electron chi connectivity index (χ1n) is 8.24. The van der Waals surface area contributed by atoms with Crippen molar-refractivity contribution >= 4 is 27.5 Å². The Labute approximate surface area is 163 Å². The van der Waals surface area contributed by atoms with Crippen LogP contribution in [0.3, 0.4) is 0 Å². The number of nitrogens with one attached hydrogen (secondary N) is 3. The molecule has 0 radical (unpaired) electrons. The van der Waals surface area contributed by atoms with Gasteiger partial charge < -0.3 is 15.4 Å². The molecule has 0 aliphatic rings. The normalized spacial score (nSPS) is 10.7. The molecule has 1 aromatic carbocycles. The average molecular weight is 401 g/mol. The third kappa shape index (κ3) is 5.89. The van der Waals surface area contributed by atoms with Gasteiger partial charge in [-0.25, -0.2) is 18.1 Å². The van der Waals surface area contributed by atoms with Gasteiger partial charge >= 0.3 is 0 Å². The highest BCUT2D eigenvalue weighted by Crippen LogP contribution is 2.19. The predicted octanol–water partition coefficient (Wildman–Crippen LogP) is 1.34. The fourth-order valence-corrected chi connectivity index (χ4v) is 3.21. The summed E-state index contributed by atoms with van der Waals surface area (Å²) in [5, 5.41) is 23.4. The van der Waals surface area contributed by atoms with Crippen LogP contribution in [0.1, 0.15) is 12.0 Å². The van der Waals surface area contributed by atoms with Gasteiger partial charge in [0.25, 0.3) is 0 Å². The van der Waals surface area contributed by atoms with Crippen LogP contribution in [0.4, 0.5) is 17.5 Å². The summed E-state index contributed by atoms with van der Waals surface area (Å²) in [6.45, 7) is 0.754. The van der Waals surface area contributed by atoms with Crippen LogP contribution >= 0.6 is 0 Å². The van der Waals surface area contributed by atoms with Crippen LogP contribution in [0.5, 0.6) is 0 Å². The number of sulfonamides is 1. The Hall–Kier alpha value is -3.25. The Balaban J connectivity index is 2.08. The molecule has 0 fully saturated rings. The molecule has 0 spiro atoms. The number of methoxy groups -OCH3 is 1. The lowest BCUT2D eigenvalue weighted by molar-refractivity contribution is 0.196. The van der Waals surface area contributed by atoms with E-state index in [1.807, 2.05) is 12.1 Å². The van der Waals surface area contributed by atoms with Crippen molar-refractivity contribution in [2.45, 2.75) is 11.3 Å². The first-order valence-corrected chi connectivity index (χ1v) is 9.72. The summed E-state index contributed by atoms with van der Waals surface area (Å²) >= 11 is 0. The second kappa shape index (κ2) is 10.2. The molecule has 0 saturated carbocycles. The maximum absolute atomic E-state index is 12.2. The van der Waals surface area contributed by atoms with Gasteiger partial charge in [0.05, 0.1) is 17.2 Å². The van der Waals surface area contributed by atoms with Crippen molar-refractivity contribution in [1.82, 2.24) is 14.7 Å². The van der Waals surface area contributed by atoms with Crippen LogP contribution in [0.25, 0.3) is 0 Å². The van der Waals surface area contributed by atoms with E-state index in [0.717, 1.165) is 0 Å². The van der Waals surface area contributed by atoms with E-state index in [4.69, 9.17) is 15.3 Å². The number of nitrogens with zero attached hydrogens (tertiary/aromatic N) is 4. The molecule has 0 atom stereocenters. The van der Waals surface area contributed by atoms with Crippen LogP contribution in [0, 0.1) is 22.7 Å². The molecular formula is C17H19N7O3S. The Morgan fingerprint density at radius 2 is 1.96 bits per heavy atom. The van der Waals surface area contributed by atoms with Crippen molar-refractivity contribution in [2.24, 2.45) is 0 Å². The lowest BCUT2D eigenvalue weighted by atomic mass is 10.3. The van der Waals surface area contributed by atoms with E-state index in [0.29, 0.717) is 18.7 Å². The van der Waals surface area contributed by atoms with Gasteiger partial charge in [0, 0.05) is 25.9 Å². The minimum absolute atomic E-state index is 0.00489. The molecule has 10 nitrogen and oxygen atoms in total. The van der Waals surface area contributed by atoms with Gasteiger partial charge in [-0.3, -0.25) is 0 Å². The van der Waals surface area contributed by atoms with E-state index in [-0.39, 0.29) is 35.3 Å². The van der Waals surface area contributed by atoms with E-state index in [1.54, 1.807) is 19.2 Å². The maximum Gasteiger partial charge on any atom is 0.240 e. The van der Waals surface area contributed by atoms with Crippen LogP contribution in [-0.2, 0) is 14.8 Å². The lowest BCUT2D eigenvalue weighted by Gasteiger charge is -2.10. The Morgan fingerprint density at radius 3 is 2.61 bits per heavy atom. The minimum atomic E-state index is -3.60. The number of hydrogen-bond donors (Lipinski definition) is 3. The van der Waals surface area contributed by atoms with Crippen molar-refractivity contribution in [3.05, 3.63) is 36.0 Å². The number of hydrogen-bond acceptors (Lipinski definition) is 9. The highest BCUT2D eigenvalue weighted by atomic mass is 32.2. The zero-order chi connectivity index (χ0) is 20.4. The molecule has 0 unspecified atom stereocenters. The van der Waals surface area contributed by atoms with E-state index >= 15 is 0 Å². The Morgan fingerprint density at radius 1 is 1.21 bits per heavy atom. The van der Waals surface area contributed by atoms with E-state index in [2.05, 4.69) is 25.3 Å². The van der Waals surface area contributed by atoms with E-state index < -0.39 is 10.0 Å². The molecule has 1 heterocycles. The number of rotatable bonds is 10. The third-order valence-corrected chi connectivity index (χ3v) is 4.96. The fraction of sp³-hybridized carbons (Fsp3) is 0.294. The lowest BCUT2D eigenvalue weighted by Crippen LogP contribution is -2.25. The second-order valence-corrected chi connectivity index (χ2v) is 7.24. The van der Waals surface area contributed by atoms with Crippen molar-refractivity contribution in [1.29, 1.82) is 10.5 Å². The quantitative estimate of drug-likeness (QED) is 0.395. The maximum atomic E-state index is 12.2. The predicted molar refractivity (Wildman–Crippen MR) is 102 cm³/mol. The molecule has 0 aliphatic carbocycles. The number of ether oxygens (including phenoxy) is 1. The molecule has 28 heavy (non-hydrogen) atoms. The van der Waals surface area contributed by atoms with Crippen molar-refractivity contribution < 1.29 is 13.2 Å². The number of nitriles is 2. The van der Waals surface area contributed by atoms with Gasteiger partial charge in [0.15, 0.2) is 0 Å². The summed E-state index contributed by atoms with van der Waals surface area (Å²) in [5.41, 5.74) is 0.774. The second-order valence-electron chi connectivity index (χ2n) is 5.47. The molecular weight excluding hydrogens is 382 g/mol. The van der Waals surface area contributed by atoms with E-state index in [1.165, 1.54) is 18.3 Å². The van der Waals surface area contributed by atoms with Crippen molar-refractivity contribution in [3.63, 3.8) is 0 Å². The summed E-state index contributed by atoms with van der Waals surface area (Å²) in [4.78, 5) is 8.32. The zero-order valence-corrected chi connectivity index (χ0v) is 16.0. The molecule has 3 N–H and O–H groups in total. The smallest absolute Gasteiger partial charge is 0.240 e. The summed E-state index contributed by atoms with van der Waals surface area (Å²) in [7, 11) is -2.04. The fourth-order valence-electron chi connectivity index (χ4n) is 2.13. The van der Waals surface area contributed by atoms with Crippen LogP contribution in [-0.4, -0.2) is 45.2 Å². The zero-order valence-electron chi connectivity index (χ0n) is 15.1. The molecule has 2 rings (SSSR count). The van der Waals surface area contributed by atoms with Crippen molar-refractivity contribution in [3.8, 4) is 12.1 Å². The first kappa shape index (κ1) is 21.1. The average Bonchev–Trinajstić information content (AvgIpc) is 2.70. The van der Waals surface area contributed by atoms with Crippen LogP contribution < -0.4 is 15.4 Å². The molecule has 0 aliphatic heterocycles. The molecule has 0 amide bonds.